The summed E-state index contributed by atoms with van der Waals surface area (Å²) >= 11 is 6.11. The fraction of sp³-hybridized carbons (Fsp3) is 0.167. The van der Waals surface area contributed by atoms with Gasteiger partial charge in [-0.15, -0.1) is 0 Å². The molecule has 0 saturated heterocycles. The second-order valence-electron chi connectivity index (χ2n) is 4.36. The fourth-order valence-electron chi connectivity index (χ4n) is 1.88. The highest BCUT2D eigenvalue weighted by Crippen LogP contribution is 2.26. The van der Waals surface area contributed by atoms with Crippen LogP contribution < -0.4 is 10.4 Å². The van der Waals surface area contributed by atoms with E-state index in [1.54, 1.807) is 6.07 Å². The summed E-state index contributed by atoms with van der Waals surface area (Å²) in [4.78, 5) is 12.0. The average Bonchev–Trinajstić information content (AvgIpc) is 3.12. The summed E-state index contributed by atoms with van der Waals surface area (Å²) in [6.45, 7) is -0.0723. The van der Waals surface area contributed by atoms with E-state index in [1.165, 1.54) is 19.3 Å². The third-order valence-electron chi connectivity index (χ3n) is 2.96. The molecule has 0 amide bonds. The van der Waals surface area contributed by atoms with Crippen molar-refractivity contribution in [1.29, 1.82) is 0 Å². The zero-order valence-corrected chi connectivity index (χ0v) is 12.1. The van der Waals surface area contributed by atoms with Gasteiger partial charge in [-0.05, 0) is 22.6 Å². The Labute approximate surface area is 128 Å². The molecule has 8 nitrogen and oxygen atoms in total. The number of ether oxygens (including phenoxy) is 1. The third kappa shape index (κ3) is 2.46. The number of hydrogen-bond acceptors (Lipinski definition) is 5. The molecule has 3 rings (SSSR count). The van der Waals surface area contributed by atoms with Gasteiger partial charge in [-0.3, -0.25) is 0 Å². The molecule has 0 unspecified atom stereocenters. The molecule has 0 fully saturated rings. The van der Waals surface area contributed by atoms with E-state index in [-0.39, 0.29) is 22.9 Å². The Morgan fingerprint density at radius 1 is 1.36 bits per heavy atom. The van der Waals surface area contributed by atoms with E-state index in [9.17, 15) is 9.18 Å². The molecule has 0 aliphatic heterocycles. The van der Waals surface area contributed by atoms with Crippen LogP contribution in [0.3, 0.4) is 0 Å². The van der Waals surface area contributed by atoms with Gasteiger partial charge in [0.2, 0.25) is 5.88 Å². The zero-order valence-electron chi connectivity index (χ0n) is 11.3. The van der Waals surface area contributed by atoms with E-state index in [1.807, 2.05) is 0 Å². The predicted octanol–water partition coefficient (Wildman–Crippen LogP) is 1.06. The summed E-state index contributed by atoms with van der Waals surface area (Å²) in [7, 11) is 1.41. The molecule has 0 spiro atoms. The van der Waals surface area contributed by atoms with Crippen molar-refractivity contribution in [3.05, 3.63) is 51.3 Å². The third-order valence-corrected chi connectivity index (χ3v) is 3.31. The first-order valence-corrected chi connectivity index (χ1v) is 6.54. The van der Waals surface area contributed by atoms with Crippen LogP contribution in [0.2, 0.25) is 5.02 Å². The van der Waals surface area contributed by atoms with Gasteiger partial charge in [-0.25, -0.2) is 14.3 Å². The highest BCUT2D eigenvalue weighted by atomic mass is 35.5. The highest BCUT2D eigenvalue weighted by molar-refractivity contribution is 6.31. The number of halogens is 2. The van der Waals surface area contributed by atoms with E-state index >= 15 is 0 Å². The molecule has 0 saturated carbocycles. The number of H-pyrrole nitrogens is 1. The van der Waals surface area contributed by atoms with Gasteiger partial charge in [0, 0.05) is 23.7 Å². The molecule has 0 bridgehead atoms. The largest absolute Gasteiger partial charge is 0.473 e. The molecule has 3 aromatic rings. The number of aryl methyl sites for hydroxylation is 1. The maximum Gasteiger partial charge on any atom is 0.368 e. The van der Waals surface area contributed by atoms with Gasteiger partial charge in [0.25, 0.3) is 0 Å². The predicted molar refractivity (Wildman–Crippen MR) is 74.5 cm³/mol. The Morgan fingerprint density at radius 2 is 2.18 bits per heavy atom. The van der Waals surface area contributed by atoms with Crippen LogP contribution in [0.4, 0.5) is 4.39 Å². The van der Waals surface area contributed by atoms with Gasteiger partial charge in [-0.2, -0.15) is 14.5 Å². The van der Waals surface area contributed by atoms with Gasteiger partial charge >= 0.3 is 5.69 Å². The van der Waals surface area contributed by atoms with Crippen LogP contribution in [0.15, 0.2) is 29.2 Å². The van der Waals surface area contributed by atoms with Crippen molar-refractivity contribution in [2.75, 3.05) is 0 Å². The van der Waals surface area contributed by atoms with Crippen LogP contribution in [0.25, 0.3) is 5.69 Å². The van der Waals surface area contributed by atoms with Crippen molar-refractivity contribution < 1.29 is 9.13 Å². The Bertz CT molecular complexity index is 857. The van der Waals surface area contributed by atoms with E-state index in [0.29, 0.717) is 5.88 Å². The minimum Gasteiger partial charge on any atom is -0.473 e. The Hall–Kier alpha value is -2.68. The first-order valence-electron chi connectivity index (χ1n) is 6.16. The van der Waals surface area contributed by atoms with Gasteiger partial charge in [0.15, 0.2) is 0 Å². The maximum atomic E-state index is 14.2. The van der Waals surface area contributed by atoms with Crippen LogP contribution >= 0.6 is 11.6 Å². The van der Waals surface area contributed by atoms with E-state index in [4.69, 9.17) is 16.3 Å². The molecule has 1 N–H and O–H groups in total. The van der Waals surface area contributed by atoms with Gasteiger partial charge in [0.1, 0.15) is 18.1 Å². The summed E-state index contributed by atoms with van der Waals surface area (Å²) in [5.74, 6) is -0.270. The fourth-order valence-corrected chi connectivity index (χ4v) is 2.08. The molecule has 0 aliphatic carbocycles. The first-order chi connectivity index (χ1) is 10.6. The summed E-state index contributed by atoms with van der Waals surface area (Å²) in [6, 6.07) is 4.13. The highest BCUT2D eigenvalue weighted by Gasteiger charge is 2.19. The smallest absolute Gasteiger partial charge is 0.368 e. The van der Waals surface area contributed by atoms with Crippen molar-refractivity contribution in [2.45, 2.75) is 6.61 Å². The standard InChI is InChI=1S/C12H10ClFN6O2/c1-19-12(21)20(18-17-19)11-7(8(13)2-3-9(11)14)6-22-10-4-5-15-16-10/h2-5H,6H2,1H3,(H,15,16). The van der Waals surface area contributed by atoms with Crippen molar-refractivity contribution >= 4 is 11.6 Å². The molecule has 1 aromatic carbocycles. The number of aromatic nitrogens is 6. The van der Waals surface area contributed by atoms with Gasteiger partial charge in [0.05, 0.1) is 6.20 Å². The van der Waals surface area contributed by atoms with Gasteiger partial charge in [-0.1, -0.05) is 11.6 Å². The topological polar surface area (TPSA) is 90.6 Å². The second-order valence-corrected chi connectivity index (χ2v) is 4.77. The molecule has 0 atom stereocenters. The van der Waals surface area contributed by atoms with Crippen LogP contribution in [-0.4, -0.2) is 30.0 Å². The number of nitrogens with zero attached hydrogens (tertiary/aromatic N) is 5. The minimum absolute atomic E-state index is 0.0723. The Morgan fingerprint density at radius 3 is 2.82 bits per heavy atom. The lowest BCUT2D eigenvalue weighted by Crippen LogP contribution is -2.24. The molecular weight excluding hydrogens is 315 g/mol. The average molecular weight is 325 g/mol. The number of benzene rings is 1. The van der Waals surface area contributed by atoms with E-state index in [0.717, 1.165) is 15.4 Å². The number of rotatable bonds is 4. The van der Waals surface area contributed by atoms with E-state index in [2.05, 4.69) is 20.6 Å². The lowest BCUT2D eigenvalue weighted by molar-refractivity contribution is 0.292. The molecule has 2 aromatic heterocycles. The van der Waals surface area contributed by atoms with Crippen molar-refractivity contribution in [1.82, 2.24) is 30.0 Å². The van der Waals surface area contributed by atoms with Crippen molar-refractivity contribution in [3.8, 4) is 11.6 Å². The molecule has 22 heavy (non-hydrogen) atoms. The lowest BCUT2D eigenvalue weighted by Gasteiger charge is -2.11. The first kappa shape index (κ1) is 14.3. The molecule has 0 radical (unpaired) electrons. The summed E-state index contributed by atoms with van der Waals surface area (Å²) < 4.78 is 21.5. The number of nitrogens with one attached hydrogen (secondary N) is 1. The monoisotopic (exact) mass is 324 g/mol. The summed E-state index contributed by atoms with van der Waals surface area (Å²) in [6.07, 6.45) is 1.51. The zero-order chi connectivity index (χ0) is 15.7. The number of aromatic amines is 1. The normalized spacial score (nSPS) is 10.9. The quantitative estimate of drug-likeness (QED) is 0.775. The Kier molecular flexibility index (Phi) is 3.63. The number of tetrazole rings is 1. The van der Waals surface area contributed by atoms with Crippen LogP contribution in [-0.2, 0) is 13.7 Å². The second kappa shape index (κ2) is 5.60. The van der Waals surface area contributed by atoms with Crippen LogP contribution in [0.1, 0.15) is 5.56 Å². The molecular formula is C12H10ClFN6O2. The van der Waals surface area contributed by atoms with Crippen LogP contribution in [0, 0.1) is 5.82 Å². The molecule has 2 heterocycles. The molecule has 10 heteroatoms. The van der Waals surface area contributed by atoms with Crippen molar-refractivity contribution in [2.24, 2.45) is 7.05 Å². The lowest BCUT2D eigenvalue weighted by atomic mass is 10.2. The molecule has 114 valence electrons. The summed E-state index contributed by atoms with van der Waals surface area (Å²) in [5.41, 5.74) is -0.409. The van der Waals surface area contributed by atoms with Crippen LogP contribution in [0.5, 0.6) is 5.88 Å². The summed E-state index contributed by atoms with van der Waals surface area (Å²) in [5, 5.41) is 13.8. The Balaban J connectivity index is 2.07. The van der Waals surface area contributed by atoms with Crippen molar-refractivity contribution in [3.63, 3.8) is 0 Å². The minimum atomic E-state index is -0.657. The molecule has 0 aliphatic rings. The van der Waals surface area contributed by atoms with E-state index < -0.39 is 11.5 Å². The van der Waals surface area contributed by atoms with Gasteiger partial charge < -0.3 is 4.74 Å². The maximum absolute atomic E-state index is 14.2. The number of hydrogen-bond donors (Lipinski definition) is 1. The SMILES string of the molecule is Cn1nnn(-c2c(F)ccc(Cl)c2COc2ccn[nH]2)c1=O.